The second-order valence-corrected chi connectivity index (χ2v) is 7.95. The predicted octanol–water partition coefficient (Wildman–Crippen LogP) is 4.63. The fraction of sp³-hybridized carbons (Fsp3) is 0.458. The smallest absolute Gasteiger partial charge is 0.387 e. The molecule has 2 aromatic rings. The third-order valence-electron chi connectivity index (χ3n) is 5.74. The molecule has 0 amide bonds. The van der Waals surface area contributed by atoms with Gasteiger partial charge >= 0.3 is 6.61 Å². The van der Waals surface area contributed by atoms with Crippen molar-refractivity contribution < 1.29 is 18.3 Å². The van der Waals surface area contributed by atoms with E-state index in [2.05, 4.69) is 56.5 Å². The van der Waals surface area contributed by atoms with Crippen LogP contribution in [0.2, 0.25) is 0 Å². The van der Waals surface area contributed by atoms with E-state index in [-0.39, 0.29) is 35.8 Å². The van der Waals surface area contributed by atoms with Gasteiger partial charge in [-0.05, 0) is 37.5 Å². The molecule has 2 atom stereocenters. The number of hydrogen-bond acceptors (Lipinski definition) is 4. The number of aliphatic imine (C=N–C) groups is 1. The lowest BCUT2D eigenvalue weighted by Gasteiger charge is -2.38. The minimum absolute atomic E-state index is 0. The minimum atomic E-state index is -2.90. The molecule has 9 heteroatoms. The van der Waals surface area contributed by atoms with E-state index in [4.69, 9.17) is 4.74 Å². The number of nitrogens with one attached hydrogen (secondary N) is 2. The molecule has 182 valence electrons. The van der Waals surface area contributed by atoms with Crippen LogP contribution in [0.25, 0.3) is 0 Å². The fourth-order valence-electron chi connectivity index (χ4n) is 3.99. The Morgan fingerprint density at radius 3 is 2.61 bits per heavy atom. The summed E-state index contributed by atoms with van der Waals surface area (Å²) in [6.07, 6.45) is 2.00. The Morgan fingerprint density at radius 2 is 1.97 bits per heavy atom. The molecule has 3 rings (SSSR count). The molecule has 0 radical (unpaired) electrons. The Balaban J connectivity index is 0.00000385. The number of ether oxygens (including phenoxy) is 2. The van der Waals surface area contributed by atoms with E-state index in [0.29, 0.717) is 29.9 Å². The second kappa shape index (κ2) is 13.5. The molecular weight excluding hydrogens is 541 g/mol. The summed E-state index contributed by atoms with van der Waals surface area (Å²) < 4.78 is 35.4. The summed E-state index contributed by atoms with van der Waals surface area (Å²) in [5, 5.41) is 6.68. The zero-order chi connectivity index (χ0) is 22.9. The lowest BCUT2D eigenvalue weighted by atomic mass is 9.97. The first kappa shape index (κ1) is 27.1. The molecule has 1 aliphatic rings. The van der Waals surface area contributed by atoms with Crippen molar-refractivity contribution in [2.75, 3.05) is 20.7 Å². The Hall–Kier alpha value is -2.14. The third kappa shape index (κ3) is 8.29. The van der Waals surface area contributed by atoms with Gasteiger partial charge in [0.25, 0.3) is 0 Å². The summed E-state index contributed by atoms with van der Waals surface area (Å²) in [5.41, 5.74) is 1.92. The quantitative estimate of drug-likeness (QED) is 0.274. The maximum Gasteiger partial charge on any atom is 0.387 e. The van der Waals surface area contributed by atoms with Crippen molar-refractivity contribution in [3.63, 3.8) is 0 Å². The van der Waals surface area contributed by atoms with Crippen LogP contribution in [0.4, 0.5) is 8.78 Å². The monoisotopic (exact) mass is 574 g/mol. The molecule has 0 aliphatic carbocycles. The Labute approximate surface area is 211 Å². The van der Waals surface area contributed by atoms with Gasteiger partial charge in [-0.15, -0.1) is 24.0 Å². The Morgan fingerprint density at radius 1 is 1.21 bits per heavy atom. The van der Waals surface area contributed by atoms with Crippen LogP contribution >= 0.6 is 24.0 Å². The molecule has 2 unspecified atom stereocenters. The third-order valence-corrected chi connectivity index (χ3v) is 5.74. The summed E-state index contributed by atoms with van der Waals surface area (Å²) in [7, 11) is 3.19. The number of nitrogens with zero attached hydrogens (tertiary/aromatic N) is 2. The molecule has 1 aliphatic heterocycles. The van der Waals surface area contributed by atoms with Gasteiger partial charge in [-0.2, -0.15) is 8.78 Å². The lowest BCUT2D eigenvalue weighted by molar-refractivity contribution is -0.0505. The topological polar surface area (TPSA) is 58.1 Å². The fourth-order valence-corrected chi connectivity index (χ4v) is 3.99. The van der Waals surface area contributed by atoms with E-state index in [0.717, 1.165) is 25.9 Å². The van der Waals surface area contributed by atoms with Gasteiger partial charge in [0.15, 0.2) is 5.96 Å². The molecule has 6 nitrogen and oxygen atoms in total. The van der Waals surface area contributed by atoms with Gasteiger partial charge in [-0.25, -0.2) is 0 Å². The minimum Gasteiger partial charge on any atom is -0.497 e. The SMILES string of the molecule is CN=C(NCc1ccc(OC)cc1OC(F)F)NC1CCN(Cc2ccccc2)C(C)C1.I. The van der Waals surface area contributed by atoms with Crippen LogP contribution in [0, 0.1) is 0 Å². The Bertz CT molecular complexity index is 886. The van der Waals surface area contributed by atoms with Gasteiger partial charge in [0.05, 0.1) is 7.11 Å². The van der Waals surface area contributed by atoms with Crippen LogP contribution in [0.1, 0.15) is 30.9 Å². The van der Waals surface area contributed by atoms with Gasteiger partial charge < -0.3 is 20.1 Å². The van der Waals surface area contributed by atoms with Gasteiger partial charge in [0, 0.05) is 50.4 Å². The highest BCUT2D eigenvalue weighted by molar-refractivity contribution is 14.0. The van der Waals surface area contributed by atoms with E-state index in [1.165, 1.54) is 18.7 Å². The van der Waals surface area contributed by atoms with Crippen LogP contribution in [-0.4, -0.2) is 50.3 Å². The number of guanidine groups is 1. The highest BCUT2D eigenvalue weighted by Gasteiger charge is 2.26. The summed E-state index contributed by atoms with van der Waals surface area (Å²) in [4.78, 5) is 6.80. The van der Waals surface area contributed by atoms with Crippen molar-refractivity contribution in [3.8, 4) is 11.5 Å². The first-order valence-electron chi connectivity index (χ1n) is 10.9. The van der Waals surface area contributed by atoms with Gasteiger partial charge in [0.1, 0.15) is 11.5 Å². The number of halogens is 3. The molecule has 0 bridgehead atoms. The summed E-state index contributed by atoms with van der Waals surface area (Å²) >= 11 is 0. The highest BCUT2D eigenvalue weighted by atomic mass is 127. The largest absolute Gasteiger partial charge is 0.497 e. The van der Waals surface area contributed by atoms with Crippen LogP contribution in [0.5, 0.6) is 11.5 Å². The van der Waals surface area contributed by atoms with Crippen molar-refractivity contribution in [1.82, 2.24) is 15.5 Å². The first-order chi connectivity index (χ1) is 15.5. The lowest BCUT2D eigenvalue weighted by Crippen LogP contribution is -2.51. The number of alkyl halides is 2. The van der Waals surface area contributed by atoms with Gasteiger partial charge in [-0.1, -0.05) is 30.3 Å². The predicted molar refractivity (Wildman–Crippen MR) is 138 cm³/mol. The number of methoxy groups -OCH3 is 1. The molecule has 0 aromatic heterocycles. The van der Waals surface area contributed by atoms with Crippen LogP contribution in [0.3, 0.4) is 0 Å². The standard InChI is InChI=1S/C24H32F2N4O2.HI/c1-17-13-20(11-12-30(17)16-18-7-5-4-6-8-18)29-24(27-2)28-15-19-9-10-21(31-3)14-22(19)32-23(25)26;/h4-10,14,17,20,23H,11-13,15-16H2,1-3H3,(H2,27,28,29);1H. The molecule has 1 heterocycles. The van der Waals surface area contributed by atoms with E-state index < -0.39 is 6.61 Å². The molecule has 2 N–H and O–H groups in total. The normalized spacial score (nSPS) is 19.0. The maximum atomic E-state index is 12.8. The van der Waals surface area contributed by atoms with E-state index in [1.54, 1.807) is 19.2 Å². The van der Waals surface area contributed by atoms with Crippen molar-refractivity contribution in [1.29, 1.82) is 0 Å². The first-order valence-corrected chi connectivity index (χ1v) is 10.9. The number of benzene rings is 2. The number of hydrogen-bond donors (Lipinski definition) is 2. The molecular formula is C24H33F2IN4O2. The average Bonchev–Trinajstić information content (AvgIpc) is 2.79. The highest BCUT2D eigenvalue weighted by Crippen LogP contribution is 2.26. The molecule has 1 fully saturated rings. The van der Waals surface area contributed by atoms with E-state index in [9.17, 15) is 8.78 Å². The molecule has 33 heavy (non-hydrogen) atoms. The van der Waals surface area contributed by atoms with Crippen molar-refractivity contribution in [2.45, 2.75) is 51.6 Å². The van der Waals surface area contributed by atoms with E-state index in [1.807, 2.05) is 6.07 Å². The average molecular weight is 574 g/mol. The summed E-state index contributed by atoms with van der Waals surface area (Å²) in [6.45, 7) is 1.59. The molecule has 1 saturated heterocycles. The van der Waals surface area contributed by atoms with Crippen molar-refractivity contribution in [3.05, 3.63) is 59.7 Å². The summed E-state index contributed by atoms with van der Waals surface area (Å²) in [6, 6.07) is 16.1. The van der Waals surface area contributed by atoms with Crippen LogP contribution in [-0.2, 0) is 13.1 Å². The molecule has 2 aromatic carbocycles. The van der Waals surface area contributed by atoms with Crippen molar-refractivity contribution in [2.24, 2.45) is 4.99 Å². The number of piperidine rings is 1. The molecule has 0 spiro atoms. The van der Waals surface area contributed by atoms with Gasteiger partial charge in [0.2, 0.25) is 0 Å². The van der Waals surface area contributed by atoms with Gasteiger partial charge in [-0.3, -0.25) is 9.89 Å². The Kier molecular flexibility index (Phi) is 11.1. The van der Waals surface area contributed by atoms with Crippen molar-refractivity contribution >= 4 is 29.9 Å². The second-order valence-electron chi connectivity index (χ2n) is 7.95. The summed E-state index contributed by atoms with van der Waals surface area (Å²) in [5.74, 6) is 1.19. The zero-order valence-electron chi connectivity index (χ0n) is 19.3. The van der Waals surface area contributed by atoms with Crippen LogP contribution in [0.15, 0.2) is 53.5 Å². The number of rotatable bonds is 8. The molecule has 0 saturated carbocycles. The zero-order valence-corrected chi connectivity index (χ0v) is 21.6. The van der Waals surface area contributed by atoms with Crippen LogP contribution < -0.4 is 20.1 Å². The van der Waals surface area contributed by atoms with E-state index >= 15 is 0 Å². The number of likely N-dealkylation sites (tertiary alicyclic amines) is 1. The maximum absolute atomic E-state index is 12.8.